The van der Waals surface area contributed by atoms with Gasteiger partial charge in [0.1, 0.15) is 13.2 Å². The second kappa shape index (κ2) is 9.77. The number of sulfonamides is 1. The maximum absolute atomic E-state index is 12.8. The van der Waals surface area contributed by atoms with E-state index in [9.17, 15) is 13.2 Å². The molecule has 0 fully saturated rings. The van der Waals surface area contributed by atoms with Crippen LogP contribution in [0.5, 0.6) is 11.5 Å². The molecule has 0 aromatic heterocycles. The number of rotatable bonds is 7. The third-order valence-corrected chi connectivity index (χ3v) is 6.95. The number of hydrogen-bond acceptors (Lipinski definition) is 5. The Morgan fingerprint density at radius 3 is 2.35 bits per heavy atom. The molecule has 0 unspecified atom stereocenters. The van der Waals surface area contributed by atoms with Crippen molar-refractivity contribution in [2.45, 2.75) is 26.4 Å². The van der Waals surface area contributed by atoms with Crippen LogP contribution in [-0.4, -0.2) is 33.8 Å². The van der Waals surface area contributed by atoms with E-state index in [4.69, 9.17) is 9.47 Å². The molecule has 8 heteroatoms. The van der Waals surface area contributed by atoms with Crippen LogP contribution in [0, 0.1) is 6.92 Å². The molecule has 0 radical (unpaired) electrons. The largest absolute Gasteiger partial charge is 0.486 e. The molecular formula is C26H28N2O5S. The Bertz CT molecular complexity index is 1290. The van der Waals surface area contributed by atoms with E-state index in [2.05, 4.69) is 5.32 Å². The molecule has 0 aliphatic carbocycles. The molecule has 1 amide bonds. The van der Waals surface area contributed by atoms with Crippen molar-refractivity contribution < 1.29 is 22.7 Å². The first-order chi connectivity index (χ1) is 16.2. The second-order valence-electron chi connectivity index (χ2n) is 8.34. The quantitative estimate of drug-likeness (QED) is 0.547. The van der Waals surface area contributed by atoms with Crippen LogP contribution < -0.4 is 19.1 Å². The smallest absolute Gasteiger partial charge is 0.251 e. The van der Waals surface area contributed by atoms with Gasteiger partial charge in [0.15, 0.2) is 11.5 Å². The van der Waals surface area contributed by atoms with Gasteiger partial charge in [0.05, 0.1) is 24.5 Å². The summed E-state index contributed by atoms with van der Waals surface area (Å²) in [6, 6.07) is 19.6. The molecule has 4 rings (SSSR count). The first-order valence-corrected chi connectivity index (χ1v) is 12.9. The number of anilines is 1. The van der Waals surface area contributed by atoms with E-state index in [1.165, 1.54) is 10.6 Å². The second-order valence-corrected chi connectivity index (χ2v) is 10.2. The predicted molar refractivity (Wildman–Crippen MR) is 132 cm³/mol. The fourth-order valence-electron chi connectivity index (χ4n) is 3.81. The molecule has 3 aromatic carbocycles. The van der Waals surface area contributed by atoms with Crippen molar-refractivity contribution in [1.29, 1.82) is 0 Å². The molecule has 1 heterocycles. The lowest BCUT2D eigenvalue weighted by molar-refractivity contribution is 0.0939. The lowest BCUT2D eigenvalue weighted by atomic mass is 10.1. The zero-order valence-corrected chi connectivity index (χ0v) is 20.3. The monoisotopic (exact) mass is 480 g/mol. The number of hydrogen-bond donors (Lipinski definition) is 1. The van der Waals surface area contributed by atoms with E-state index in [0.29, 0.717) is 36.0 Å². The summed E-state index contributed by atoms with van der Waals surface area (Å²) in [5, 5.41) is 2.98. The predicted octanol–water partition coefficient (Wildman–Crippen LogP) is 4.22. The van der Waals surface area contributed by atoms with Crippen molar-refractivity contribution in [3.8, 4) is 11.5 Å². The summed E-state index contributed by atoms with van der Waals surface area (Å²) < 4.78 is 37.5. The number of nitrogens with zero attached hydrogens (tertiary/aromatic N) is 1. The Kier molecular flexibility index (Phi) is 6.79. The number of benzene rings is 3. The lowest BCUT2D eigenvalue weighted by Crippen LogP contribution is -2.30. The van der Waals surface area contributed by atoms with Crippen LogP contribution in [-0.2, 0) is 16.6 Å². The van der Waals surface area contributed by atoms with Gasteiger partial charge in [-0.3, -0.25) is 9.10 Å². The van der Waals surface area contributed by atoms with E-state index in [1.54, 1.807) is 24.3 Å². The van der Waals surface area contributed by atoms with Gasteiger partial charge in [-0.2, -0.15) is 0 Å². The van der Waals surface area contributed by atoms with Crippen LogP contribution >= 0.6 is 0 Å². The maximum atomic E-state index is 12.8. The van der Waals surface area contributed by atoms with Crippen molar-refractivity contribution in [3.05, 3.63) is 89.0 Å². The molecule has 3 aromatic rings. The molecule has 0 bridgehead atoms. The highest BCUT2D eigenvalue weighted by Gasteiger charge is 2.20. The molecule has 0 saturated carbocycles. The van der Waals surface area contributed by atoms with Crippen molar-refractivity contribution in [2.75, 3.05) is 23.8 Å². The van der Waals surface area contributed by atoms with Crippen molar-refractivity contribution >= 4 is 21.6 Å². The average molecular weight is 481 g/mol. The van der Waals surface area contributed by atoms with Gasteiger partial charge in [-0.25, -0.2) is 8.42 Å². The van der Waals surface area contributed by atoms with Crippen molar-refractivity contribution in [2.24, 2.45) is 0 Å². The SMILES string of the molecule is Cc1ccccc1CN(c1ccc(C(=O)N[C@H](C)c2ccc3c(c2)OCCO3)cc1)S(C)(=O)=O. The van der Waals surface area contributed by atoms with Gasteiger partial charge in [0.2, 0.25) is 10.0 Å². The van der Waals surface area contributed by atoms with E-state index >= 15 is 0 Å². The van der Waals surface area contributed by atoms with Crippen LogP contribution in [0.4, 0.5) is 5.69 Å². The standard InChI is InChI=1S/C26H28N2O5S/c1-18-6-4-5-7-22(18)17-28(34(3,30)31)23-11-8-20(9-12-23)26(29)27-19(2)21-10-13-24-25(16-21)33-15-14-32-24/h4-13,16,19H,14-15,17H2,1-3H3,(H,27,29)/t19-/m1/s1. The highest BCUT2D eigenvalue weighted by Crippen LogP contribution is 2.32. The molecule has 0 spiro atoms. The number of carbonyl (C=O) groups excluding carboxylic acids is 1. The van der Waals surface area contributed by atoms with E-state index < -0.39 is 10.0 Å². The minimum Gasteiger partial charge on any atom is -0.486 e. The Morgan fingerprint density at radius 2 is 1.68 bits per heavy atom. The Morgan fingerprint density at radius 1 is 1.00 bits per heavy atom. The van der Waals surface area contributed by atoms with Gasteiger partial charge in [-0.15, -0.1) is 0 Å². The van der Waals surface area contributed by atoms with E-state index in [1.807, 2.05) is 56.3 Å². The summed E-state index contributed by atoms with van der Waals surface area (Å²) in [5.74, 6) is 1.12. The first-order valence-electron chi connectivity index (χ1n) is 11.0. The molecule has 7 nitrogen and oxygen atoms in total. The normalized spacial score (nSPS) is 13.7. The summed E-state index contributed by atoms with van der Waals surface area (Å²) in [5.41, 5.74) is 3.78. The third-order valence-electron chi connectivity index (χ3n) is 5.81. The lowest BCUT2D eigenvalue weighted by Gasteiger charge is -2.24. The van der Waals surface area contributed by atoms with Crippen molar-refractivity contribution in [1.82, 2.24) is 5.32 Å². The molecule has 34 heavy (non-hydrogen) atoms. The number of nitrogens with one attached hydrogen (secondary N) is 1. The number of carbonyl (C=O) groups is 1. The van der Waals surface area contributed by atoms with Crippen LogP contribution in [0.3, 0.4) is 0 Å². The minimum absolute atomic E-state index is 0.220. The molecule has 0 saturated heterocycles. The van der Waals surface area contributed by atoms with Crippen LogP contribution in [0.2, 0.25) is 0 Å². The number of amides is 1. The number of ether oxygens (including phenoxy) is 2. The summed E-state index contributed by atoms with van der Waals surface area (Å²) in [6.07, 6.45) is 1.18. The Labute approximate surface area is 200 Å². The fraction of sp³-hybridized carbons (Fsp3) is 0.269. The average Bonchev–Trinajstić information content (AvgIpc) is 2.82. The fourth-order valence-corrected chi connectivity index (χ4v) is 4.69. The Hall–Kier alpha value is -3.52. The summed E-state index contributed by atoms with van der Waals surface area (Å²) in [6.45, 7) is 5.09. The number of fused-ring (bicyclic) bond motifs is 1. The van der Waals surface area contributed by atoms with Crippen molar-refractivity contribution in [3.63, 3.8) is 0 Å². The maximum Gasteiger partial charge on any atom is 0.251 e. The third kappa shape index (κ3) is 5.34. The highest BCUT2D eigenvalue weighted by molar-refractivity contribution is 7.92. The Balaban J connectivity index is 1.48. The van der Waals surface area contributed by atoms with E-state index in [-0.39, 0.29) is 18.5 Å². The van der Waals surface area contributed by atoms with Crippen LogP contribution in [0.1, 0.15) is 40.0 Å². The summed E-state index contributed by atoms with van der Waals surface area (Å²) >= 11 is 0. The van der Waals surface area contributed by atoms with Gasteiger partial charge in [0, 0.05) is 5.56 Å². The van der Waals surface area contributed by atoms with Gasteiger partial charge < -0.3 is 14.8 Å². The first kappa shape index (κ1) is 23.6. The number of aryl methyl sites for hydroxylation is 1. The molecule has 1 aliphatic heterocycles. The molecule has 178 valence electrons. The van der Waals surface area contributed by atoms with Gasteiger partial charge >= 0.3 is 0 Å². The van der Waals surface area contributed by atoms with E-state index in [0.717, 1.165) is 16.7 Å². The molecule has 1 aliphatic rings. The van der Waals surface area contributed by atoms with Gasteiger partial charge in [-0.05, 0) is 66.9 Å². The molecular weight excluding hydrogens is 452 g/mol. The zero-order chi connectivity index (χ0) is 24.3. The topological polar surface area (TPSA) is 84.9 Å². The molecule has 1 N–H and O–H groups in total. The minimum atomic E-state index is -3.52. The zero-order valence-electron chi connectivity index (χ0n) is 19.4. The summed E-state index contributed by atoms with van der Waals surface area (Å²) in [4.78, 5) is 12.8. The summed E-state index contributed by atoms with van der Waals surface area (Å²) in [7, 11) is -3.52. The van der Waals surface area contributed by atoms with Gasteiger partial charge in [-0.1, -0.05) is 30.3 Å². The highest BCUT2D eigenvalue weighted by atomic mass is 32.2. The van der Waals surface area contributed by atoms with Crippen LogP contribution in [0.15, 0.2) is 66.7 Å². The van der Waals surface area contributed by atoms with Crippen LogP contribution in [0.25, 0.3) is 0 Å². The molecule has 1 atom stereocenters. The van der Waals surface area contributed by atoms with Gasteiger partial charge in [0.25, 0.3) is 5.91 Å².